The summed E-state index contributed by atoms with van der Waals surface area (Å²) in [5.41, 5.74) is 7.34. The predicted octanol–water partition coefficient (Wildman–Crippen LogP) is 2.23. The maximum atomic E-state index is 12.6. The van der Waals surface area contributed by atoms with Gasteiger partial charge in [-0.2, -0.15) is 0 Å². The van der Waals surface area contributed by atoms with Gasteiger partial charge in [0.1, 0.15) is 12.4 Å². The highest BCUT2D eigenvalue weighted by Gasteiger charge is 2.48. The van der Waals surface area contributed by atoms with Crippen LogP contribution in [0.4, 0.5) is 0 Å². The van der Waals surface area contributed by atoms with Crippen molar-refractivity contribution >= 4 is 30.7 Å². The third-order valence-corrected chi connectivity index (χ3v) is 6.43. The molecule has 6 nitrogen and oxygen atoms in total. The van der Waals surface area contributed by atoms with E-state index in [4.69, 9.17) is 15.2 Å². The summed E-state index contributed by atoms with van der Waals surface area (Å²) in [6.45, 7) is 5.66. The lowest BCUT2D eigenvalue weighted by Gasteiger charge is -2.27. The van der Waals surface area contributed by atoms with Crippen LogP contribution in [0.1, 0.15) is 24.8 Å². The van der Waals surface area contributed by atoms with Gasteiger partial charge in [-0.1, -0.05) is 12.1 Å². The highest BCUT2D eigenvalue weighted by atomic mass is 35.5. The molecule has 2 saturated carbocycles. The van der Waals surface area contributed by atoms with E-state index >= 15 is 0 Å². The van der Waals surface area contributed by atoms with Crippen LogP contribution in [0.15, 0.2) is 24.3 Å². The zero-order chi connectivity index (χ0) is 18.6. The highest BCUT2D eigenvalue weighted by Crippen LogP contribution is 2.47. The molecule has 3 fully saturated rings. The molecule has 29 heavy (non-hydrogen) atoms. The number of rotatable bonds is 7. The smallest absolute Gasteiger partial charge is 0.225 e. The first kappa shape index (κ1) is 24.2. The standard InChI is InChI=1S/C21H31N3O3.2ClH/c22-20-17-5-4-16(13-17)19(20)21(25)23-14-15-2-1-3-18(12-15)27-11-8-24-6-9-26-10-7-24;;/h1-3,12,16-17,19-20H,4-11,13-14,22H2,(H,23,25);2*1H. The number of benzene rings is 1. The summed E-state index contributed by atoms with van der Waals surface area (Å²) in [5, 5.41) is 3.09. The minimum atomic E-state index is -0.00305. The number of ether oxygens (including phenoxy) is 2. The van der Waals surface area contributed by atoms with Crippen LogP contribution in [0.5, 0.6) is 5.75 Å². The molecule has 1 aromatic rings. The number of nitrogens with one attached hydrogen (secondary N) is 1. The maximum absolute atomic E-state index is 12.6. The minimum Gasteiger partial charge on any atom is -0.492 e. The van der Waals surface area contributed by atoms with Gasteiger partial charge in [-0.3, -0.25) is 9.69 Å². The fourth-order valence-corrected chi connectivity index (χ4v) is 4.89. The second-order valence-corrected chi connectivity index (χ2v) is 8.10. The summed E-state index contributed by atoms with van der Waals surface area (Å²) in [4.78, 5) is 15.0. The van der Waals surface area contributed by atoms with Crippen molar-refractivity contribution in [3.05, 3.63) is 29.8 Å². The van der Waals surface area contributed by atoms with Crippen molar-refractivity contribution in [3.63, 3.8) is 0 Å². The summed E-state index contributed by atoms with van der Waals surface area (Å²) in [5.74, 6) is 2.01. The lowest BCUT2D eigenvalue weighted by atomic mass is 9.84. The van der Waals surface area contributed by atoms with E-state index in [1.165, 1.54) is 6.42 Å². The summed E-state index contributed by atoms with van der Waals surface area (Å²) < 4.78 is 11.3. The van der Waals surface area contributed by atoms with Crippen LogP contribution >= 0.6 is 24.8 Å². The molecule has 1 heterocycles. The molecule has 8 heteroatoms. The topological polar surface area (TPSA) is 76.8 Å². The third kappa shape index (κ3) is 5.98. The lowest BCUT2D eigenvalue weighted by molar-refractivity contribution is -0.127. The Hall–Kier alpha value is -1.05. The molecule has 4 unspecified atom stereocenters. The van der Waals surface area contributed by atoms with E-state index in [9.17, 15) is 4.79 Å². The van der Waals surface area contributed by atoms with Gasteiger partial charge in [0, 0.05) is 32.2 Å². The Labute approximate surface area is 185 Å². The average Bonchev–Trinajstić information content (AvgIpc) is 3.29. The second-order valence-electron chi connectivity index (χ2n) is 8.10. The summed E-state index contributed by atoms with van der Waals surface area (Å²) in [7, 11) is 0. The van der Waals surface area contributed by atoms with E-state index in [1.54, 1.807) is 0 Å². The summed E-state index contributed by atoms with van der Waals surface area (Å²) >= 11 is 0. The van der Waals surface area contributed by atoms with Crippen molar-refractivity contribution in [3.8, 4) is 5.75 Å². The lowest BCUT2D eigenvalue weighted by Crippen LogP contribution is -2.45. The van der Waals surface area contributed by atoms with Gasteiger partial charge in [0.2, 0.25) is 5.91 Å². The summed E-state index contributed by atoms with van der Waals surface area (Å²) in [6, 6.07) is 8.03. The van der Waals surface area contributed by atoms with Gasteiger partial charge in [0.25, 0.3) is 0 Å². The number of carbonyl (C=O) groups excluding carboxylic acids is 1. The van der Waals surface area contributed by atoms with Crippen LogP contribution in [0.25, 0.3) is 0 Å². The van der Waals surface area contributed by atoms with Gasteiger partial charge < -0.3 is 20.5 Å². The summed E-state index contributed by atoms with van der Waals surface area (Å²) in [6.07, 6.45) is 3.48. The van der Waals surface area contributed by atoms with Crippen molar-refractivity contribution in [1.29, 1.82) is 0 Å². The average molecular weight is 446 g/mol. The fourth-order valence-electron chi connectivity index (χ4n) is 4.89. The van der Waals surface area contributed by atoms with Crippen molar-refractivity contribution in [2.24, 2.45) is 23.5 Å². The zero-order valence-electron chi connectivity index (χ0n) is 16.8. The molecular formula is C21H33Cl2N3O3. The molecule has 1 aliphatic heterocycles. The number of hydrogen-bond donors (Lipinski definition) is 2. The molecule has 164 valence electrons. The number of morpholine rings is 1. The largest absolute Gasteiger partial charge is 0.492 e. The Morgan fingerprint density at radius 2 is 1.97 bits per heavy atom. The number of halogens is 2. The van der Waals surface area contributed by atoms with Gasteiger partial charge in [-0.15, -0.1) is 24.8 Å². The van der Waals surface area contributed by atoms with Gasteiger partial charge in [-0.05, 0) is 48.8 Å². The van der Waals surface area contributed by atoms with Gasteiger partial charge in [-0.25, -0.2) is 0 Å². The Morgan fingerprint density at radius 3 is 2.69 bits per heavy atom. The van der Waals surface area contributed by atoms with E-state index in [-0.39, 0.29) is 42.7 Å². The third-order valence-electron chi connectivity index (χ3n) is 6.43. The SMILES string of the molecule is Cl.Cl.NC1C2CCC(C2)C1C(=O)NCc1cccc(OCCN2CCOCC2)c1. The number of nitrogens with two attached hydrogens (primary N) is 1. The van der Waals surface area contributed by atoms with E-state index in [1.807, 2.05) is 24.3 Å². The molecular weight excluding hydrogens is 413 g/mol. The van der Waals surface area contributed by atoms with E-state index in [2.05, 4.69) is 10.2 Å². The van der Waals surface area contributed by atoms with Gasteiger partial charge >= 0.3 is 0 Å². The van der Waals surface area contributed by atoms with Crippen LogP contribution in [0.3, 0.4) is 0 Å². The van der Waals surface area contributed by atoms with Gasteiger partial charge in [0.15, 0.2) is 0 Å². The Balaban J connectivity index is 0.00000150. The van der Waals surface area contributed by atoms with E-state index in [0.29, 0.717) is 25.0 Å². The van der Waals surface area contributed by atoms with Crippen LogP contribution in [0, 0.1) is 17.8 Å². The van der Waals surface area contributed by atoms with Crippen LogP contribution in [0.2, 0.25) is 0 Å². The first-order valence-electron chi connectivity index (χ1n) is 10.3. The maximum Gasteiger partial charge on any atom is 0.225 e. The molecule has 3 aliphatic rings. The Bertz CT molecular complexity index is 656. The number of carbonyl (C=O) groups is 1. The van der Waals surface area contributed by atoms with E-state index in [0.717, 1.165) is 57.0 Å². The van der Waals surface area contributed by atoms with Crippen molar-refractivity contribution in [1.82, 2.24) is 10.2 Å². The molecule has 0 spiro atoms. The molecule has 1 saturated heterocycles. The fraction of sp³-hybridized carbons (Fsp3) is 0.667. The van der Waals surface area contributed by atoms with Crippen LogP contribution in [-0.4, -0.2) is 56.3 Å². The molecule has 3 N–H and O–H groups in total. The molecule has 0 aromatic heterocycles. The van der Waals surface area contributed by atoms with Crippen LogP contribution in [-0.2, 0) is 16.1 Å². The van der Waals surface area contributed by atoms with Gasteiger partial charge in [0.05, 0.1) is 19.1 Å². The molecule has 2 aliphatic carbocycles. The number of hydrogen-bond acceptors (Lipinski definition) is 5. The van der Waals surface area contributed by atoms with Crippen LogP contribution < -0.4 is 15.8 Å². The Kier molecular flexibility index (Phi) is 9.50. The number of nitrogens with zero attached hydrogens (tertiary/aromatic N) is 1. The molecule has 2 bridgehead atoms. The highest BCUT2D eigenvalue weighted by molar-refractivity contribution is 5.85. The molecule has 1 amide bonds. The Morgan fingerprint density at radius 1 is 1.21 bits per heavy atom. The first-order valence-corrected chi connectivity index (χ1v) is 10.3. The first-order chi connectivity index (χ1) is 13.2. The normalized spacial score (nSPS) is 28.3. The molecule has 4 atom stereocenters. The molecule has 4 rings (SSSR count). The zero-order valence-corrected chi connectivity index (χ0v) is 18.4. The quantitative estimate of drug-likeness (QED) is 0.672. The molecule has 0 radical (unpaired) electrons. The predicted molar refractivity (Wildman–Crippen MR) is 118 cm³/mol. The molecule has 1 aromatic carbocycles. The van der Waals surface area contributed by atoms with Crippen molar-refractivity contribution < 1.29 is 14.3 Å². The second kappa shape index (κ2) is 11.4. The minimum absolute atomic E-state index is 0. The number of fused-ring (bicyclic) bond motifs is 2. The number of amides is 1. The van der Waals surface area contributed by atoms with Crippen molar-refractivity contribution in [2.75, 3.05) is 39.5 Å². The van der Waals surface area contributed by atoms with E-state index < -0.39 is 0 Å². The van der Waals surface area contributed by atoms with Crippen molar-refractivity contribution in [2.45, 2.75) is 31.8 Å². The monoisotopic (exact) mass is 445 g/mol.